The van der Waals surface area contributed by atoms with Gasteiger partial charge in [-0.2, -0.15) is 13.2 Å². The van der Waals surface area contributed by atoms with Crippen LogP contribution in [0.5, 0.6) is 0 Å². The highest BCUT2D eigenvalue weighted by molar-refractivity contribution is 5.92. The molecule has 1 fully saturated rings. The van der Waals surface area contributed by atoms with Gasteiger partial charge in [-0.15, -0.1) is 5.10 Å². The number of hydrogen-bond acceptors (Lipinski definition) is 8. The number of allylic oxidation sites excluding steroid dienone is 1. The maximum atomic E-state index is 13.2. The minimum atomic E-state index is -4.53. The lowest BCUT2D eigenvalue weighted by Gasteiger charge is -2.31. The van der Waals surface area contributed by atoms with Crippen LogP contribution in [0.3, 0.4) is 0 Å². The number of nitrogens with one attached hydrogen (secondary N) is 2. The van der Waals surface area contributed by atoms with Crippen molar-refractivity contribution in [3.05, 3.63) is 52.9 Å². The fraction of sp³-hybridized carbons (Fsp3) is 0.500. The summed E-state index contributed by atoms with van der Waals surface area (Å²) < 4.78 is 39.7. The minimum Gasteiger partial charge on any atom is -0.403 e. The SMILES string of the molecule is C/C(N)=N/N(N)Cc1cc(C(F)(F)F)ccc1/C=C/C(=O)N1CCC(NC(=O)CCCCC/C(=C/N)NN)CC1. The summed E-state index contributed by atoms with van der Waals surface area (Å²) in [5, 5.41) is 7.79. The zero-order valence-electron chi connectivity index (χ0n) is 22.7. The Balaban J connectivity index is 1.88. The third kappa shape index (κ3) is 11.1. The van der Waals surface area contributed by atoms with Crippen LogP contribution < -0.4 is 33.9 Å². The van der Waals surface area contributed by atoms with Crippen molar-refractivity contribution in [2.45, 2.75) is 70.6 Å². The number of unbranched alkanes of at least 4 members (excludes halogenated alkanes) is 2. The Kier molecular flexibility index (Phi) is 12.7. The van der Waals surface area contributed by atoms with E-state index in [9.17, 15) is 22.8 Å². The molecule has 1 aliphatic rings. The van der Waals surface area contributed by atoms with Gasteiger partial charge in [0, 0.05) is 43.5 Å². The maximum absolute atomic E-state index is 13.2. The first kappa shape index (κ1) is 32.4. The molecule has 0 unspecified atom stereocenters. The largest absolute Gasteiger partial charge is 0.416 e. The van der Waals surface area contributed by atoms with E-state index in [4.69, 9.17) is 23.2 Å². The van der Waals surface area contributed by atoms with Crippen molar-refractivity contribution < 1.29 is 22.8 Å². The van der Waals surface area contributed by atoms with Crippen LogP contribution in [-0.2, 0) is 22.3 Å². The molecule has 0 spiro atoms. The average Bonchev–Trinajstić information content (AvgIpc) is 2.89. The molecule has 1 aromatic rings. The van der Waals surface area contributed by atoms with E-state index < -0.39 is 11.7 Å². The summed E-state index contributed by atoms with van der Waals surface area (Å²) in [4.78, 5) is 26.7. The molecule has 10 N–H and O–H groups in total. The van der Waals surface area contributed by atoms with Crippen molar-refractivity contribution in [1.29, 1.82) is 0 Å². The van der Waals surface area contributed by atoms with Gasteiger partial charge in [-0.25, -0.2) is 11.0 Å². The number of nitrogens with zero attached hydrogens (tertiary/aromatic N) is 3. The lowest BCUT2D eigenvalue weighted by molar-refractivity contribution is -0.137. The van der Waals surface area contributed by atoms with Crippen LogP contribution in [0.2, 0.25) is 0 Å². The number of benzene rings is 1. The molecule has 1 saturated heterocycles. The van der Waals surface area contributed by atoms with Gasteiger partial charge >= 0.3 is 6.18 Å². The summed E-state index contributed by atoms with van der Waals surface area (Å²) in [5.41, 5.74) is 14.0. The van der Waals surface area contributed by atoms with Crippen molar-refractivity contribution in [2.75, 3.05) is 13.1 Å². The molecule has 0 saturated carbocycles. The molecule has 11 nitrogen and oxygen atoms in total. The van der Waals surface area contributed by atoms with Crippen LogP contribution in [0.4, 0.5) is 13.2 Å². The van der Waals surface area contributed by atoms with Crippen LogP contribution in [-0.4, -0.2) is 46.8 Å². The number of amidine groups is 1. The Hall–Kier alpha value is -3.78. The highest BCUT2D eigenvalue weighted by Gasteiger charge is 2.31. The van der Waals surface area contributed by atoms with Gasteiger partial charge in [-0.1, -0.05) is 12.5 Å². The number of halogens is 3. The Morgan fingerprint density at radius 2 is 1.85 bits per heavy atom. The molecule has 0 bridgehead atoms. The number of amides is 2. The summed E-state index contributed by atoms with van der Waals surface area (Å²) in [5.74, 6) is 11.0. The van der Waals surface area contributed by atoms with Crippen molar-refractivity contribution in [3.8, 4) is 0 Å². The first-order valence-corrected chi connectivity index (χ1v) is 13.1. The zero-order chi connectivity index (χ0) is 29.7. The summed E-state index contributed by atoms with van der Waals surface area (Å²) in [6.07, 6.45) is 4.56. The molecule has 0 atom stereocenters. The molecule has 2 rings (SSSR count). The van der Waals surface area contributed by atoms with Gasteiger partial charge in [0.25, 0.3) is 0 Å². The number of carbonyl (C=O) groups excluding carboxylic acids is 2. The van der Waals surface area contributed by atoms with E-state index in [1.54, 1.807) is 4.90 Å². The molecular weight excluding hydrogens is 527 g/mol. The first-order chi connectivity index (χ1) is 18.9. The smallest absolute Gasteiger partial charge is 0.403 e. The molecule has 40 heavy (non-hydrogen) atoms. The summed E-state index contributed by atoms with van der Waals surface area (Å²) in [6, 6.07) is 3.20. The van der Waals surface area contributed by atoms with Crippen LogP contribution in [0.25, 0.3) is 6.08 Å². The summed E-state index contributed by atoms with van der Waals surface area (Å²) in [6.45, 7) is 2.26. The highest BCUT2D eigenvalue weighted by atomic mass is 19.4. The van der Waals surface area contributed by atoms with Gasteiger partial charge in [0.15, 0.2) is 0 Å². The number of hydrogen-bond donors (Lipinski definition) is 6. The Bertz CT molecular complexity index is 1080. The maximum Gasteiger partial charge on any atom is 0.416 e. The zero-order valence-corrected chi connectivity index (χ0v) is 22.7. The third-order valence-electron chi connectivity index (χ3n) is 6.40. The van der Waals surface area contributed by atoms with E-state index in [1.807, 2.05) is 0 Å². The van der Waals surface area contributed by atoms with E-state index in [2.05, 4.69) is 15.8 Å². The van der Waals surface area contributed by atoms with Gasteiger partial charge in [-0.3, -0.25) is 15.4 Å². The third-order valence-corrected chi connectivity index (χ3v) is 6.40. The van der Waals surface area contributed by atoms with Crippen LogP contribution >= 0.6 is 0 Å². The molecule has 222 valence electrons. The van der Waals surface area contributed by atoms with E-state index >= 15 is 0 Å². The minimum absolute atomic E-state index is 0.0163. The predicted octanol–water partition coefficient (Wildman–Crippen LogP) is 2.01. The standard InChI is InChI=1S/C26H40F3N9O2/c1-18(31)36-38(33)17-20-15-21(26(27,28)29)9-7-19(20)8-10-25(40)37-13-11-22(12-14-37)34-24(39)6-4-2-3-5-23(16-30)35-32/h7-10,15-16,22,35H,2-6,11-14,17,30,32-33H2,1H3,(H2,31,36)(H,34,39)/b10-8+,23-16-. The van der Waals surface area contributed by atoms with Crippen molar-refractivity contribution in [3.63, 3.8) is 0 Å². The second-order valence-corrected chi connectivity index (χ2v) is 9.65. The number of hydrazine groups is 2. The number of rotatable bonds is 13. The van der Waals surface area contributed by atoms with Crippen LogP contribution in [0.1, 0.15) is 68.6 Å². The molecule has 1 aliphatic heterocycles. The molecule has 14 heteroatoms. The van der Waals surface area contributed by atoms with Gasteiger partial charge in [0.1, 0.15) is 5.84 Å². The monoisotopic (exact) mass is 567 g/mol. The quantitative estimate of drug-likeness (QED) is 0.0523. The van der Waals surface area contributed by atoms with Gasteiger partial charge in [0.2, 0.25) is 11.8 Å². The molecule has 0 aromatic heterocycles. The van der Waals surface area contributed by atoms with Gasteiger partial charge in [0.05, 0.1) is 12.1 Å². The fourth-order valence-corrected chi connectivity index (χ4v) is 4.29. The Morgan fingerprint density at radius 3 is 2.45 bits per heavy atom. The lowest BCUT2D eigenvalue weighted by atomic mass is 10.0. The number of alkyl halides is 3. The highest BCUT2D eigenvalue weighted by Crippen LogP contribution is 2.31. The second-order valence-electron chi connectivity index (χ2n) is 9.65. The average molecular weight is 568 g/mol. The molecule has 0 aliphatic carbocycles. The topological polar surface area (TPSA) is 181 Å². The molecular formula is C26H40F3N9O2. The van der Waals surface area contributed by atoms with E-state index in [0.29, 0.717) is 37.9 Å². The lowest BCUT2D eigenvalue weighted by Crippen LogP contribution is -2.46. The number of nitrogens with two attached hydrogens (primary N) is 4. The van der Waals surface area contributed by atoms with Crippen LogP contribution in [0.15, 0.2) is 41.3 Å². The van der Waals surface area contributed by atoms with Crippen molar-refractivity contribution in [2.24, 2.45) is 28.3 Å². The molecule has 1 aromatic carbocycles. The molecule has 0 radical (unpaired) electrons. The predicted molar refractivity (Wildman–Crippen MR) is 148 cm³/mol. The number of hydrazone groups is 1. The normalized spacial score (nSPS) is 15.4. The molecule has 1 heterocycles. The van der Waals surface area contributed by atoms with Gasteiger partial charge < -0.3 is 27.1 Å². The Morgan fingerprint density at radius 1 is 1.18 bits per heavy atom. The van der Waals surface area contributed by atoms with Gasteiger partial charge in [-0.05, 0) is 68.4 Å². The summed E-state index contributed by atoms with van der Waals surface area (Å²) >= 11 is 0. The Labute approximate surface area is 232 Å². The van der Waals surface area contributed by atoms with Crippen LogP contribution in [0, 0.1) is 0 Å². The summed E-state index contributed by atoms with van der Waals surface area (Å²) in [7, 11) is 0. The van der Waals surface area contributed by atoms with Crippen molar-refractivity contribution >= 4 is 23.7 Å². The van der Waals surface area contributed by atoms with E-state index in [0.717, 1.165) is 48.6 Å². The second kappa shape index (κ2) is 15.7. The van der Waals surface area contributed by atoms with Crippen molar-refractivity contribution in [1.82, 2.24) is 20.8 Å². The number of piperidine rings is 1. The first-order valence-electron chi connectivity index (χ1n) is 13.1. The number of carbonyl (C=O) groups is 2. The fourth-order valence-electron chi connectivity index (χ4n) is 4.29. The van der Waals surface area contributed by atoms with E-state index in [-0.39, 0.29) is 35.8 Å². The van der Waals surface area contributed by atoms with E-state index in [1.165, 1.54) is 31.3 Å². The number of likely N-dealkylation sites (tertiary alicyclic amines) is 1. The molecule has 2 amide bonds.